The Hall–Kier alpha value is -1.68. The quantitative estimate of drug-likeness (QED) is 0.851. The van der Waals surface area contributed by atoms with Gasteiger partial charge in [-0.05, 0) is 30.7 Å². The van der Waals surface area contributed by atoms with Crippen LogP contribution in [-0.2, 0) is 0 Å². The Balaban J connectivity index is 2.32. The molecule has 0 aliphatic carbocycles. The third-order valence-electron chi connectivity index (χ3n) is 2.73. The van der Waals surface area contributed by atoms with Gasteiger partial charge in [0.25, 0.3) is 5.91 Å². The monoisotopic (exact) mass is 304 g/mol. The molecular formula is C14H13BrN2O. The molecule has 0 aliphatic rings. The fraction of sp³-hybridized carbons (Fsp3) is 0.143. The van der Waals surface area contributed by atoms with Gasteiger partial charge >= 0.3 is 0 Å². The van der Waals surface area contributed by atoms with Crippen molar-refractivity contribution in [2.75, 3.05) is 11.9 Å². The highest BCUT2D eigenvalue weighted by Crippen LogP contribution is 2.18. The molecule has 0 aliphatic heterocycles. The highest BCUT2D eigenvalue weighted by atomic mass is 79.9. The van der Waals surface area contributed by atoms with Gasteiger partial charge in [0.1, 0.15) is 5.82 Å². The summed E-state index contributed by atoms with van der Waals surface area (Å²) in [6.45, 7) is 1.93. The van der Waals surface area contributed by atoms with Crippen molar-refractivity contribution >= 4 is 27.7 Å². The van der Waals surface area contributed by atoms with Crippen LogP contribution in [0.3, 0.4) is 0 Å². The standard InChI is InChI=1S/C14H13BrN2O/c1-10-5-3-4-6-12(10)14(18)17(2)13-9-11(15)7-8-16-13/h3-9H,1-2H3. The summed E-state index contributed by atoms with van der Waals surface area (Å²) in [7, 11) is 1.73. The lowest BCUT2D eigenvalue weighted by atomic mass is 10.1. The molecule has 0 unspecified atom stereocenters. The highest BCUT2D eigenvalue weighted by Gasteiger charge is 2.16. The number of pyridine rings is 1. The molecule has 0 fully saturated rings. The zero-order valence-corrected chi connectivity index (χ0v) is 11.8. The molecule has 1 aromatic carbocycles. The molecule has 1 aromatic heterocycles. The topological polar surface area (TPSA) is 33.2 Å². The minimum atomic E-state index is -0.0568. The number of nitrogens with zero attached hydrogens (tertiary/aromatic N) is 2. The molecule has 0 saturated heterocycles. The van der Waals surface area contributed by atoms with Crippen molar-refractivity contribution in [2.45, 2.75) is 6.92 Å². The predicted octanol–water partition coefficient (Wildman–Crippen LogP) is 3.43. The van der Waals surface area contributed by atoms with Gasteiger partial charge in [-0.2, -0.15) is 0 Å². The number of aryl methyl sites for hydroxylation is 1. The van der Waals surface area contributed by atoms with E-state index >= 15 is 0 Å². The largest absolute Gasteiger partial charge is 0.296 e. The first kappa shape index (κ1) is 12.8. The third-order valence-corrected chi connectivity index (χ3v) is 3.22. The molecule has 0 spiro atoms. The second-order valence-electron chi connectivity index (χ2n) is 4.01. The van der Waals surface area contributed by atoms with E-state index in [0.29, 0.717) is 11.4 Å². The summed E-state index contributed by atoms with van der Waals surface area (Å²) >= 11 is 3.37. The van der Waals surface area contributed by atoms with Crippen LogP contribution in [0.1, 0.15) is 15.9 Å². The number of hydrogen-bond donors (Lipinski definition) is 0. The fourth-order valence-corrected chi connectivity index (χ4v) is 2.00. The minimum Gasteiger partial charge on any atom is -0.296 e. The minimum absolute atomic E-state index is 0.0568. The van der Waals surface area contributed by atoms with Crippen molar-refractivity contribution in [1.29, 1.82) is 0 Å². The van der Waals surface area contributed by atoms with Gasteiger partial charge in [-0.25, -0.2) is 4.98 Å². The fourth-order valence-electron chi connectivity index (χ4n) is 1.67. The van der Waals surface area contributed by atoms with E-state index < -0.39 is 0 Å². The molecule has 1 amide bonds. The van der Waals surface area contributed by atoms with Gasteiger partial charge in [-0.15, -0.1) is 0 Å². The molecule has 2 rings (SSSR count). The van der Waals surface area contributed by atoms with E-state index in [2.05, 4.69) is 20.9 Å². The van der Waals surface area contributed by atoms with Crippen LogP contribution in [0.2, 0.25) is 0 Å². The van der Waals surface area contributed by atoms with E-state index in [1.54, 1.807) is 18.1 Å². The van der Waals surface area contributed by atoms with Crippen LogP contribution in [-0.4, -0.2) is 17.9 Å². The summed E-state index contributed by atoms with van der Waals surface area (Å²) < 4.78 is 0.900. The Bertz CT molecular complexity index is 584. The van der Waals surface area contributed by atoms with Crippen LogP contribution in [0, 0.1) is 6.92 Å². The molecule has 18 heavy (non-hydrogen) atoms. The Morgan fingerprint density at radius 1 is 1.28 bits per heavy atom. The first-order valence-corrected chi connectivity index (χ1v) is 6.34. The molecule has 3 nitrogen and oxygen atoms in total. The Labute approximate surface area is 115 Å². The van der Waals surface area contributed by atoms with Crippen molar-refractivity contribution in [3.05, 3.63) is 58.2 Å². The lowest BCUT2D eigenvalue weighted by Crippen LogP contribution is -2.27. The maximum absolute atomic E-state index is 12.3. The van der Waals surface area contributed by atoms with Gasteiger partial charge in [-0.1, -0.05) is 34.1 Å². The normalized spacial score (nSPS) is 10.2. The number of carbonyl (C=O) groups is 1. The number of carbonyl (C=O) groups excluding carboxylic acids is 1. The van der Waals surface area contributed by atoms with Crippen LogP contribution in [0.5, 0.6) is 0 Å². The summed E-state index contributed by atoms with van der Waals surface area (Å²) in [4.78, 5) is 18.1. The van der Waals surface area contributed by atoms with E-state index in [9.17, 15) is 4.79 Å². The lowest BCUT2D eigenvalue weighted by molar-refractivity contribution is 0.0991. The van der Waals surface area contributed by atoms with Crippen molar-refractivity contribution in [2.24, 2.45) is 0 Å². The van der Waals surface area contributed by atoms with Gasteiger partial charge in [0, 0.05) is 23.3 Å². The maximum Gasteiger partial charge on any atom is 0.259 e. The molecule has 2 aromatic rings. The van der Waals surface area contributed by atoms with E-state index in [0.717, 1.165) is 10.0 Å². The summed E-state index contributed by atoms with van der Waals surface area (Å²) in [5.74, 6) is 0.566. The molecule has 0 N–H and O–H groups in total. The first-order chi connectivity index (χ1) is 8.59. The molecule has 1 heterocycles. The number of amides is 1. The van der Waals surface area contributed by atoms with Crippen molar-refractivity contribution in [3.8, 4) is 0 Å². The zero-order chi connectivity index (χ0) is 13.1. The van der Waals surface area contributed by atoms with Crippen LogP contribution in [0.4, 0.5) is 5.82 Å². The smallest absolute Gasteiger partial charge is 0.259 e. The van der Waals surface area contributed by atoms with Crippen LogP contribution in [0.15, 0.2) is 47.1 Å². The predicted molar refractivity (Wildman–Crippen MR) is 75.8 cm³/mol. The average molecular weight is 305 g/mol. The van der Waals surface area contributed by atoms with Crippen LogP contribution >= 0.6 is 15.9 Å². The Kier molecular flexibility index (Phi) is 3.77. The number of anilines is 1. The molecule has 0 radical (unpaired) electrons. The van der Waals surface area contributed by atoms with E-state index in [1.807, 2.05) is 43.3 Å². The van der Waals surface area contributed by atoms with Gasteiger partial charge < -0.3 is 0 Å². The van der Waals surface area contributed by atoms with Crippen molar-refractivity contribution in [3.63, 3.8) is 0 Å². The number of halogens is 1. The van der Waals surface area contributed by atoms with Gasteiger partial charge in [0.2, 0.25) is 0 Å². The Morgan fingerprint density at radius 3 is 2.67 bits per heavy atom. The second kappa shape index (κ2) is 5.31. The zero-order valence-electron chi connectivity index (χ0n) is 10.2. The van der Waals surface area contributed by atoms with Gasteiger partial charge in [0.05, 0.1) is 0 Å². The Morgan fingerprint density at radius 2 is 2.00 bits per heavy atom. The van der Waals surface area contributed by atoms with E-state index in [1.165, 1.54) is 0 Å². The van der Waals surface area contributed by atoms with E-state index in [-0.39, 0.29) is 5.91 Å². The third kappa shape index (κ3) is 2.59. The molecular weight excluding hydrogens is 292 g/mol. The number of hydrogen-bond acceptors (Lipinski definition) is 2. The van der Waals surface area contributed by atoms with Gasteiger partial charge in [0.15, 0.2) is 0 Å². The molecule has 0 atom stereocenters. The lowest BCUT2D eigenvalue weighted by Gasteiger charge is -2.17. The maximum atomic E-state index is 12.3. The second-order valence-corrected chi connectivity index (χ2v) is 4.93. The molecule has 0 saturated carbocycles. The summed E-state index contributed by atoms with van der Waals surface area (Å²) in [6.07, 6.45) is 1.67. The SMILES string of the molecule is Cc1ccccc1C(=O)N(C)c1cc(Br)ccn1. The molecule has 0 bridgehead atoms. The van der Waals surface area contributed by atoms with Crippen LogP contribution in [0.25, 0.3) is 0 Å². The van der Waals surface area contributed by atoms with Crippen LogP contribution < -0.4 is 4.90 Å². The van der Waals surface area contributed by atoms with Crippen molar-refractivity contribution in [1.82, 2.24) is 4.98 Å². The summed E-state index contributed by atoms with van der Waals surface area (Å²) in [5.41, 5.74) is 1.66. The molecule has 92 valence electrons. The summed E-state index contributed by atoms with van der Waals surface area (Å²) in [6, 6.07) is 11.2. The average Bonchev–Trinajstić information content (AvgIpc) is 2.37. The van der Waals surface area contributed by atoms with E-state index in [4.69, 9.17) is 0 Å². The first-order valence-electron chi connectivity index (χ1n) is 5.55. The number of aromatic nitrogens is 1. The number of benzene rings is 1. The molecule has 4 heteroatoms. The number of rotatable bonds is 2. The van der Waals surface area contributed by atoms with Crippen molar-refractivity contribution < 1.29 is 4.79 Å². The highest BCUT2D eigenvalue weighted by molar-refractivity contribution is 9.10. The summed E-state index contributed by atoms with van der Waals surface area (Å²) in [5, 5.41) is 0. The van der Waals surface area contributed by atoms with Gasteiger partial charge in [-0.3, -0.25) is 9.69 Å².